The number of hydrogen-bond donors (Lipinski definition) is 1. The number of halogens is 1. The van der Waals surface area contributed by atoms with Gasteiger partial charge in [-0.1, -0.05) is 35.9 Å². The quantitative estimate of drug-likeness (QED) is 0.904. The Morgan fingerprint density at radius 3 is 2.90 bits per heavy atom. The summed E-state index contributed by atoms with van der Waals surface area (Å²) < 4.78 is 5.36. The van der Waals surface area contributed by atoms with Crippen LogP contribution in [-0.4, -0.2) is 13.7 Å². The van der Waals surface area contributed by atoms with Crippen LogP contribution in [0.2, 0.25) is 5.02 Å². The van der Waals surface area contributed by atoms with Gasteiger partial charge in [-0.3, -0.25) is 0 Å². The third-order valence-corrected chi connectivity index (χ3v) is 4.14. The van der Waals surface area contributed by atoms with Crippen LogP contribution >= 0.6 is 11.6 Å². The Labute approximate surface area is 124 Å². The molecule has 104 valence electrons. The first-order valence-electron chi connectivity index (χ1n) is 6.89. The van der Waals surface area contributed by atoms with Crippen LogP contribution in [0.4, 0.5) is 0 Å². The molecule has 1 unspecified atom stereocenters. The predicted molar refractivity (Wildman–Crippen MR) is 82.6 cm³/mol. The molecule has 0 aromatic heterocycles. The molecular weight excluding hydrogens is 270 g/mol. The lowest BCUT2D eigenvalue weighted by molar-refractivity contribution is 0.406. The van der Waals surface area contributed by atoms with Crippen molar-refractivity contribution in [2.45, 2.75) is 18.9 Å². The Balaban J connectivity index is 1.58. The van der Waals surface area contributed by atoms with Crippen LogP contribution in [0.3, 0.4) is 0 Å². The fourth-order valence-corrected chi connectivity index (χ4v) is 3.01. The highest BCUT2D eigenvalue weighted by molar-refractivity contribution is 6.30. The molecule has 0 radical (unpaired) electrons. The van der Waals surface area contributed by atoms with Gasteiger partial charge in [-0.15, -0.1) is 0 Å². The summed E-state index contributed by atoms with van der Waals surface area (Å²) in [5, 5.41) is 4.25. The standard InChI is InChI=1S/C17H18ClNO/c1-20-17-7-6-15(18)9-14(17)11-19-10-13-8-12-4-2-3-5-16(12)13/h2-7,9,13,19H,8,10-11H2,1H3. The van der Waals surface area contributed by atoms with E-state index in [1.165, 1.54) is 17.5 Å². The van der Waals surface area contributed by atoms with E-state index in [-0.39, 0.29) is 0 Å². The van der Waals surface area contributed by atoms with E-state index in [0.717, 1.165) is 29.4 Å². The van der Waals surface area contributed by atoms with Crippen LogP contribution in [0, 0.1) is 0 Å². The zero-order valence-electron chi connectivity index (χ0n) is 11.5. The van der Waals surface area contributed by atoms with Crippen LogP contribution in [0.1, 0.15) is 22.6 Å². The molecule has 0 aliphatic heterocycles. The molecule has 0 saturated carbocycles. The molecule has 0 fully saturated rings. The minimum absolute atomic E-state index is 0.636. The molecule has 2 aromatic rings. The van der Waals surface area contributed by atoms with Crippen LogP contribution in [0.25, 0.3) is 0 Å². The molecule has 0 amide bonds. The van der Waals surface area contributed by atoms with Crippen molar-refractivity contribution in [2.75, 3.05) is 13.7 Å². The average molecular weight is 288 g/mol. The number of benzene rings is 2. The molecule has 20 heavy (non-hydrogen) atoms. The molecule has 0 bridgehead atoms. The van der Waals surface area contributed by atoms with Crippen molar-refractivity contribution in [3.63, 3.8) is 0 Å². The minimum Gasteiger partial charge on any atom is -0.496 e. The van der Waals surface area contributed by atoms with E-state index in [1.807, 2.05) is 18.2 Å². The fourth-order valence-electron chi connectivity index (χ4n) is 2.81. The van der Waals surface area contributed by atoms with Gasteiger partial charge in [-0.2, -0.15) is 0 Å². The van der Waals surface area contributed by atoms with Crippen molar-refractivity contribution in [3.8, 4) is 5.75 Å². The smallest absolute Gasteiger partial charge is 0.123 e. The van der Waals surface area contributed by atoms with Crippen LogP contribution < -0.4 is 10.1 Å². The highest BCUT2D eigenvalue weighted by atomic mass is 35.5. The highest BCUT2D eigenvalue weighted by Gasteiger charge is 2.24. The first kappa shape index (κ1) is 13.5. The largest absolute Gasteiger partial charge is 0.496 e. The second-order valence-electron chi connectivity index (χ2n) is 5.19. The summed E-state index contributed by atoms with van der Waals surface area (Å²) in [6.45, 7) is 1.77. The zero-order chi connectivity index (χ0) is 13.9. The molecular formula is C17H18ClNO. The van der Waals surface area contributed by atoms with Crippen LogP contribution in [0.15, 0.2) is 42.5 Å². The second-order valence-corrected chi connectivity index (χ2v) is 5.62. The summed E-state index contributed by atoms with van der Waals surface area (Å²) in [5.74, 6) is 1.52. The molecule has 2 aromatic carbocycles. The maximum atomic E-state index is 6.04. The van der Waals surface area contributed by atoms with Crippen molar-refractivity contribution < 1.29 is 4.74 Å². The Morgan fingerprint density at radius 1 is 1.25 bits per heavy atom. The molecule has 1 atom stereocenters. The Morgan fingerprint density at radius 2 is 2.10 bits per heavy atom. The molecule has 0 heterocycles. The maximum Gasteiger partial charge on any atom is 0.123 e. The van der Waals surface area contributed by atoms with Gasteiger partial charge in [0.1, 0.15) is 5.75 Å². The minimum atomic E-state index is 0.636. The summed E-state index contributed by atoms with van der Waals surface area (Å²) in [4.78, 5) is 0. The van der Waals surface area contributed by atoms with Crippen molar-refractivity contribution in [1.29, 1.82) is 0 Å². The lowest BCUT2D eigenvalue weighted by Crippen LogP contribution is -2.28. The van der Waals surface area contributed by atoms with E-state index in [0.29, 0.717) is 5.92 Å². The Kier molecular flexibility index (Phi) is 3.95. The monoisotopic (exact) mass is 287 g/mol. The summed E-state index contributed by atoms with van der Waals surface area (Å²) in [7, 11) is 1.69. The summed E-state index contributed by atoms with van der Waals surface area (Å²) in [6, 6.07) is 14.4. The van der Waals surface area contributed by atoms with Crippen LogP contribution in [-0.2, 0) is 13.0 Å². The molecule has 0 spiro atoms. The molecule has 2 nitrogen and oxygen atoms in total. The van der Waals surface area contributed by atoms with E-state index in [4.69, 9.17) is 16.3 Å². The predicted octanol–water partition coefficient (Wildman–Crippen LogP) is 3.78. The van der Waals surface area contributed by atoms with Gasteiger partial charge >= 0.3 is 0 Å². The summed E-state index contributed by atoms with van der Waals surface area (Å²) in [5.41, 5.74) is 4.07. The van der Waals surface area contributed by atoms with Crippen LogP contribution in [0.5, 0.6) is 5.75 Å². The topological polar surface area (TPSA) is 21.3 Å². The summed E-state index contributed by atoms with van der Waals surface area (Å²) in [6.07, 6.45) is 1.18. The van der Waals surface area contributed by atoms with E-state index < -0.39 is 0 Å². The first-order valence-corrected chi connectivity index (χ1v) is 7.26. The Hall–Kier alpha value is -1.51. The maximum absolute atomic E-state index is 6.04. The van der Waals surface area contributed by atoms with Crippen molar-refractivity contribution in [1.82, 2.24) is 5.32 Å². The fraction of sp³-hybridized carbons (Fsp3) is 0.294. The third-order valence-electron chi connectivity index (χ3n) is 3.91. The van der Waals surface area contributed by atoms with Gasteiger partial charge in [0.25, 0.3) is 0 Å². The number of methoxy groups -OCH3 is 1. The molecule has 1 aliphatic rings. The number of ether oxygens (including phenoxy) is 1. The molecule has 1 aliphatic carbocycles. The molecule has 1 N–H and O–H groups in total. The number of nitrogens with one attached hydrogen (secondary N) is 1. The number of hydrogen-bond acceptors (Lipinski definition) is 2. The zero-order valence-corrected chi connectivity index (χ0v) is 12.3. The lowest BCUT2D eigenvalue weighted by Gasteiger charge is -2.30. The molecule has 3 rings (SSSR count). The van der Waals surface area contributed by atoms with Gasteiger partial charge in [-0.25, -0.2) is 0 Å². The highest BCUT2D eigenvalue weighted by Crippen LogP contribution is 2.34. The van der Waals surface area contributed by atoms with Gasteiger partial charge in [0, 0.05) is 29.6 Å². The first-order chi connectivity index (χ1) is 9.78. The van der Waals surface area contributed by atoms with Gasteiger partial charge in [0.2, 0.25) is 0 Å². The van der Waals surface area contributed by atoms with E-state index >= 15 is 0 Å². The second kappa shape index (κ2) is 5.86. The van der Waals surface area contributed by atoms with Gasteiger partial charge in [-0.05, 0) is 35.7 Å². The normalized spacial score (nSPS) is 16.4. The van der Waals surface area contributed by atoms with Gasteiger partial charge in [0.15, 0.2) is 0 Å². The third kappa shape index (κ3) is 2.67. The summed E-state index contributed by atoms with van der Waals surface area (Å²) >= 11 is 6.04. The SMILES string of the molecule is COc1ccc(Cl)cc1CNCC1Cc2ccccc21. The van der Waals surface area contributed by atoms with Crippen molar-refractivity contribution in [3.05, 3.63) is 64.2 Å². The van der Waals surface area contributed by atoms with Crippen molar-refractivity contribution in [2.24, 2.45) is 0 Å². The molecule has 0 saturated heterocycles. The average Bonchev–Trinajstić information content (AvgIpc) is 2.44. The van der Waals surface area contributed by atoms with Gasteiger partial charge in [0.05, 0.1) is 7.11 Å². The van der Waals surface area contributed by atoms with E-state index in [9.17, 15) is 0 Å². The lowest BCUT2D eigenvalue weighted by atomic mass is 9.77. The van der Waals surface area contributed by atoms with Gasteiger partial charge < -0.3 is 10.1 Å². The molecule has 3 heteroatoms. The number of fused-ring (bicyclic) bond motifs is 1. The van der Waals surface area contributed by atoms with E-state index in [1.54, 1.807) is 7.11 Å². The Bertz CT molecular complexity index is 612. The van der Waals surface area contributed by atoms with Crippen molar-refractivity contribution >= 4 is 11.6 Å². The number of rotatable bonds is 5. The van der Waals surface area contributed by atoms with E-state index in [2.05, 4.69) is 29.6 Å².